The average Bonchev–Trinajstić information content (AvgIpc) is 2.48. The van der Waals surface area contributed by atoms with Gasteiger partial charge in [0.25, 0.3) is 0 Å². The fraction of sp³-hybridized carbons (Fsp3) is 0.889. The van der Waals surface area contributed by atoms with Crippen LogP contribution < -0.4 is 5.32 Å². The normalized spacial score (nSPS) is 20.1. The number of esters is 1. The van der Waals surface area contributed by atoms with Crippen molar-refractivity contribution in [2.45, 2.75) is 90.7 Å². The molecule has 134 valence electrons. The number of hydrogen-bond donors (Lipinski definition) is 1. The van der Waals surface area contributed by atoms with E-state index < -0.39 is 0 Å². The molecule has 1 fully saturated rings. The summed E-state index contributed by atoms with van der Waals surface area (Å²) in [6, 6.07) is 0.102. The summed E-state index contributed by atoms with van der Waals surface area (Å²) in [5.41, 5.74) is 0. The Morgan fingerprint density at radius 2 is 1.83 bits per heavy atom. The summed E-state index contributed by atoms with van der Waals surface area (Å²) in [7, 11) is 0. The van der Waals surface area contributed by atoms with Crippen molar-refractivity contribution in [3.8, 4) is 0 Å². The molecule has 0 aliphatic carbocycles. The fourth-order valence-corrected chi connectivity index (χ4v) is 2.82. The number of alkyl carbamates (subject to hydrolysis) is 1. The number of carbonyl (C=O) groups excluding carboxylic acids is 2. The van der Waals surface area contributed by atoms with Gasteiger partial charge in [-0.3, -0.25) is 4.79 Å². The van der Waals surface area contributed by atoms with E-state index in [1.807, 2.05) is 13.8 Å². The Labute approximate surface area is 140 Å². The first-order chi connectivity index (χ1) is 11.0. The highest BCUT2D eigenvalue weighted by atomic mass is 16.6. The largest absolute Gasteiger partial charge is 0.461 e. The van der Waals surface area contributed by atoms with Gasteiger partial charge in [-0.05, 0) is 46.0 Å². The van der Waals surface area contributed by atoms with Crippen molar-refractivity contribution in [1.82, 2.24) is 5.32 Å². The van der Waals surface area contributed by atoms with Crippen LogP contribution in [0.5, 0.6) is 0 Å². The van der Waals surface area contributed by atoms with Crippen LogP contribution in [-0.2, 0) is 14.3 Å². The summed E-state index contributed by atoms with van der Waals surface area (Å²) in [5.74, 6) is 0.111. The topological polar surface area (TPSA) is 64.6 Å². The third kappa shape index (κ3) is 8.24. The lowest BCUT2D eigenvalue weighted by molar-refractivity contribution is -0.186. The third-order valence-corrected chi connectivity index (χ3v) is 4.16. The number of rotatable bonds is 12. The highest BCUT2D eigenvalue weighted by molar-refractivity contribution is 5.78. The monoisotopic (exact) mass is 327 g/mol. The van der Waals surface area contributed by atoms with Gasteiger partial charge in [-0.2, -0.15) is 0 Å². The maximum absolute atomic E-state index is 11.5. The van der Waals surface area contributed by atoms with Crippen molar-refractivity contribution in [2.24, 2.45) is 5.92 Å². The van der Waals surface area contributed by atoms with E-state index in [9.17, 15) is 9.59 Å². The van der Waals surface area contributed by atoms with E-state index in [2.05, 4.69) is 12.2 Å². The minimum atomic E-state index is -0.347. The Morgan fingerprint density at radius 1 is 1.13 bits per heavy atom. The molecule has 23 heavy (non-hydrogen) atoms. The highest BCUT2D eigenvalue weighted by Gasteiger charge is 2.40. The molecule has 2 atom stereocenters. The van der Waals surface area contributed by atoms with E-state index in [1.54, 1.807) is 0 Å². The van der Waals surface area contributed by atoms with Gasteiger partial charge in [-0.1, -0.05) is 32.6 Å². The molecule has 1 saturated heterocycles. The van der Waals surface area contributed by atoms with Crippen molar-refractivity contribution in [3.05, 3.63) is 0 Å². The van der Waals surface area contributed by atoms with E-state index >= 15 is 0 Å². The number of cyclic esters (lactones) is 1. The molecule has 1 aliphatic rings. The lowest BCUT2D eigenvalue weighted by Gasteiger charge is -2.35. The summed E-state index contributed by atoms with van der Waals surface area (Å²) in [6.07, 6.45) is 9.34. The summed E-state index contributed by atoms with van der Waals surface area (Å²) in [4.78, 5) is 22.8. The molecule has 0 aromatic rings. The SMILES string of the molecule is CCCCCC[C@@H]1C(=O)O[C@H]1CCCCCOC(=O)NC(C)C. The predicted molar refractivity (Wildman–Crippen MR) is 90.2 cm³/mol. The smallest absolute Gasteiger partial charge is 0.407 e. The van der Waals surface area contributed by atoms with Gasteiger partial charge in [0.05, 0.1) is 12.5 Å². The molecule has 0 saturated carbocycles. The number of nitrogens with one attached hydrogen (secondary N) is 1. The molecule has 5 heteroatoms. The van der Waals surface area contributed by atoms with E-state index in [1.165, 1.54) is 19.3 Å². The first kappa shape index (κ1) is 19.8. The second kappa shape index (κ2) is 11.3. The van der Waals surface area contributed by atoms with E-state index in [4.69, 9.17) is 9.47 Å². The first-order valence-corrected chi connectivity index (χ1v) is 9.18. The number of amides is 1. The summed E-state index contributed by atoms with van der Waals surface area (Å²) >= 11 is 0. The summed E-state index contributed by atoms with van der Waals surface area (Å²) in [5, 5.41) is 2.69. The fourth-order valence-electron chi connectivity index (χ4n) is 2.82. The lowest BCUT2D eigenvalue weighted by Crippen LogP contribution is -2.44. The average molecular weight is 327 g/mol. The number of hydrogen-bond acceptors (Lipinski definition) is 4. The van der Waals surface area contributed by atoms with Crippen molar-refractivity contribution in [3.63, 3.8) is 0 Å². The predicted octanol–water partition coefficient (Wildman–Crippen LogP) is 4.19. The number of ether oxygens (including phenoxy) is 2. The Bertz CT molecular complexity index is 357. The van der Waals surface area contributed by atoms with Crippen LogP contribution >= 0.6 is 0 Å². The van der Waals surface area contributed by atoms with Crippen LogP contribution in [0.4, 0.5) is 4.79 Å². The lowest BCUT2D eigenvalue weighted by atomic mass is 9.87. The van der Waals surface area contributed by atoms with Crippen LogP contribution in [0.3, 0.4) is 0 Å². The van der Waals surface area contributed by atoms with Crippen LogP contribution in [0.1, 0.15) is 78.6 Å². The third-order valence-electron chi connectivity index (χ3n) is 4.16. The Hall–Kier alpha value is -1.26. The molecule has 0 aromatic heterocycles. The van der Waals surface area contributed by atoms with Crippen molar-refractivity contribution in [1.29, 1.82) is 0 Å². The molecule has 0 radical (unpaired) electrons. The molecule has 5 nitrogen and oxygen atoms in total. The van der Waals surface area contributed by atoms with Gasteiger partial charge >= 0.3 is 12.1 Å². The molecule has 1 aliphatic heterocycles. The van der Waals surface area contributed by atoms with Crippen LogP contribution in [0.25, 0.3) is 0 Å². The molecular formula is C18H33NO4. The zero-order valence-corrected chi connectivity index (χ0v) is 14.9. The minimum Gasteiger partial charge on any atom is -0.461 e. The van der Waals surface area contributed by atoms with Crippen molar-refractivity contribution >= 4 is 12.1 Å². The molecular weight excluding hydrogens is 294 g/mol. The van der Waals surface area contributed by atoms with Gasteiger partial charge in [0, 0.05) is 6.04 Å². The van der Waals surface area contributed by atoms with Crippen LogP contribution in [0.2, 0.25) is 0 Å². The van der Waals surface area contributed by atoms with Crippen molar-refractivity contribution < 1.29 is 19.1 Å². The Balaban J connectivity index is 2.00. The quantitative estimate of drug-likeness (QED) is 0.431. The zero-order chi connectivity index (χ0) is 17.1. The maximum Gasteiger partial charge on any atom is 0.407 e. The molecule has 0 bridgehead atoms. The van der Waals surface area contributed by atoms with Crippen LogP contribution in [0.15, 0.2) is 0 Å². The van der Waals surface area contributed by atoms with Gasteiger partial charge in [-0.25, -0.2) is 4.79 Å². The summed E-state index contributed by atoms with van der Waals surface area (Å²) in [6.45, 7) is 6.44. The molecule has 1 rings (SSSR count). The maximum atomic E-state index is 11.5. The van der Waals surface area contributed by atoms with E-state index in [0.717, 1.165) is 38.5 Å². The van der Waals surface area contributed by atoms with Crippen molar-refractivity contribution in [2.75, 3.05) is 6.61 Å². The molecule has 1 N–H and O–H groups in total. The first-order valence-electron chi connectivity index (χ1n) is 9.18. The van der Waals surface area contributed by atoms with Crippen LogP contribution in [0, 0.1) is 5.92 Å². The van der Waals surface area contributed by atoms with E-state index in [0.29, 0.717) is 6.61 Å². The van der Waals surface area contributed by atoms with Gasteiger partial charge in [0.15, 0.2) is 0 Å². The van der Waals surface area contributed by atoms with Gasteiger partial charge < -0.3 is 14.8 Å². The molecule has 1 heterocycles. The Morgan fingerprint density at radius 3 is 2.48 bits per heavy atom. The van der Waals surface area contributed by atoms with E-state index in [-0.39, 0.29) is 30.1 Å². The van der Waals surface area contributed by atoms with Gasteiger partial charge in [0.1, 0.15) is 6.10 Å². The zero-order valence-electron chi connectivity index (χ0n) is 14.9. The number of carbonyl (C=O) groups is 2. The Kier molecular flexibility index (Phi) is 9.72. The second-order valence-corrected chi connectivity index (χ2v) is 6.72. The summed E-state index contributed by atoms with van der Waals surface area (Å²) < 4.78 is 10.3. The second-order valence-electron chi connectivity index (χ2n) is 6.72. The standard InChI is InChI=1S/C18H33NO4/c1-4-5-6-8-11-15-16(23-17(15)20)12-9-7-10-13-22-18(21)19-14(2)3/h14-16H,4-13H2,1-3H3,(H,19,21)/t15-,16-/m0/s1. The highest BCUT2D eigenvalue weighted by Crippen LogP contribution is 2.31. The number of unbranched alkanes of at least 4 members (excludes halogenated alkanes) is 5. The van der Waals surface area contributed by atoms with Gasteiger partial charge in [0.2, 0.25) is 0 Å². The minimum absolute atomic E-state index is 0.0137. The van der Waals surface area contributed by atoms with Crippen LogP contribution in [-0.4, -0.2) is 30.8 Å². The molecule has 1 amide bonds. The molecule has 0 spiro atoms. The molecule has 0 aromatic carbocycles. The van der Waals surface area contributed by atoms with Gasteiger partial charge in [-0.15, -0.1) is 0 Å². The molecule has 0 unspecified atom stereocenters.